The van der Waals surface area contributed by atoms with Crippen LogP contribution in [0.5, 0.6) is 11.5 Å². The number of fused-ring (bicyclic) bond motifs is 1. The van der Waals surface area contributed by atoms with Crippen LogP contribution in [0.15, 0.2) is 82.0 Å². The number of alkyl halides is 1. The lowest BCUT2D eigenvalue weighted by atomic mass is 10.0. The Morgan fingerprint density at radius 1 is 0.968 bits per heavy atom. The highest BCUT2D eigenvalue weighted by atomic mass is 35.5. The van der Waals surface area contributed by atoms with Crippen LogP contribution < -0.4 is 14.9 Å². The van der Waals surface area contributed by atoms with E-state index in [-0.39, 0.29) is 11.2 Å². The first-order chi connectivity index (χ1) is 15.0. The number of benzene rings is 3. The molecular formula is C25H19ClO5. The Hall–Kier alpha value is -3.57. The van der Waals surface area contributed by atoms with E-state index in [4.69, 9.17) is 25.5 Å². The summed E-state index contributed by atoms with van der Waals surface area (Å²) in [6, 6.07) is 20.8. The quantitative estimate of drug-likeness (QED) is 0.230. The van der Waals surface area contributed by atoms with Crippen molar-refractivity contribution in [3.05, 3.63) is 94.3 Å². The molecule has 0 saturated heterocycles. The van der Waals surface area contributed by atoms with Crippen LogP contribution in [0, 0.1) is 6.92 Å². The molecule has 0 fully saturated rings. The summed E-state index contributed by atoms with van der Waals surface area (Å²) < 4.78 is 16.5. The second kappa shape index (κ2) is 8.66. The highest BCUT2D eigenvalue weighted by molar-refractivity contribution is 6.30. The Bertz CT molecular complexity index is 1290. The van der Waals surface area contributed by atoms with E-state index in [9.17, 15) is 9.59 Å². The molecule has 1 unspecified atom stereocenters. The molecule has 0 amide bonds. The van der Waals surface area contributed by atoms with E-state index >= 15 is 0 Å². The number of rotatable bonds is 5. The second-order valence-electron chi connectivity index (χ2n) is 6.94. The largest absolute Gasteiger partial charge is 0.497 e. The van der Waals surface area contributed by atoms with Crippen molar-refractivity contribution in [1.82, 2.24) is 0 Å². The number of carbonyl (C=O) groups excluding carboxylic acids is 1. The van der Waals surface area contributed by atoms with Crippen LogP contribution >= 0.6 is 11.6 Å². The second-order valence-corrected chi connectivity index (χ2v) is 7.38. The van der Waals surface area contributed by atoms with E-state index in [2.05, 4.69) is 0 Å². The standard InChI is InChI=1S/C25H19ClO5/c1-15-22(16-8-10-18(29-2)11-9-16)24(27)20-13-12-19(14-21(20)30-15)31-25(28)23(26)17-6-4-3-5-7-17/h3-14,23H,1-2H3. The Balaban J connectivity index is 1.65. The van der Waals surface area contributed by atoms with Gasteiger partial charge in [0.05, 0.1) is 18.1 Å². The Morgan fingerprint density at radius 3 is 2.32 bits per heavy atom. The van der Waals surface area contributed by atoms with Gasteiger partial charge in [-0.05, 0) is 42.3 Å². The lowest BCUT2D eigenvalue weighted by Gasteiger charge is -2.11. The van der Waals surface area contributed by atoms with Gasteiger partial charge in [-0.15, -0.1) is 11.6 Å². The minimum atomic E-state index is -0.942. The van der Waals surface area contributed by atoms with Gasteiger partial charge in [-0.1, -0.05) is 42.5 Å². The first kappa shape index (κ1) is 20.7. The smallest absolute Gasteiger partial charge is 0.334 e. The SMILES string of the molecule is COc1ccc(-c2c(C)oc3cc(OC(=O)C(Cl)c4ccccc4)ccc3c2=O)cc1. The molecule has 0 radical (unpaired) electrons. The molecule has 1 heterocycles. The van der Waals surface area contributed by atoms with Crippen LogP contribution in [0.1, 0.15) is 16.7 Å². The fourth-order valence-electron chi connectivity index (χ4n) is 3.37. The minimum absolute atomic E-state index is 0.165. The van der Waals surface area contributed by atoms with Crippen LogP contribution in [0.25, 0.3) is 22.1 Å². The summed E-state index contributed by atoms with van der Waals surface area (Å²) in [4.78, 5) is 25.5. The normalized spacial score (nSPS) is 11.8. The van der Waals surface area contributed by atoms with Gasteiger partial charge < -0.3 is 13.9 Å². The first-order valence-corrected chi connectivity index (χ1v) is 10.0. The van der Waals surface area contributed by atoms with E-state index in [1.54, 1.807) is 62.6 Å². The summed E-state index contributed by atoms with van der Waals surface area (Å²) in [5.41, 5.74) is 2.01. The summed E-state index contributed by atoms with van der Waals surface area (Å²) in [5, 5.41) is -0.551. The number of carbonyl (C=O) groups is 1. The molecule has 156 valence electrons. The molecule has 31 heavy (non-hydrogen) atoms. The molecule has 6 heteroatoms. The van der Waals surface area contributed by atoms with Crippen molar-refractivity contribution in [2.45, 2.75) is 12.3 Å². The average molecular weight is 435 g/mol. The zero-order valence-electron chi connectivity index (χ0n) is 16.9. The van der Waals surface area contributed by atoms with E-state index < -0.39 is 11.3 Å². The maximum Gasteiger partial charge on any atom is 0.334 e. The number of halogens is 1. The zero-order valence-corrected chi connectivity index (χ0v) is 17.7. The summed E-state index contributed by atoms with van der Waals surface area (Å²) in [6.45, 7) is 1.73. The Kier molecular flexibility index (Phi) is 5.78. The Morgan fingerprint density at radius 2 is 1.65 bits per heavy atom. The van der Waals surface area contributed by atoms with Crippen LogP contribution in [0.2, 0.25) is 0 Å². The van der Waals surface area contributed by atoms with E-state index in [1.165, 1.54) is 6.07 Å². The maximum atomic E-state index is 13.1. The van der Waals surface area contributed by atoms with Crippen molar-refractivity contribution in [3.8, 4) is 22.6 Å². The number of esters is 1. The number of hydrogen-bond donors (Lipinski definition) is 0. The van der Waals surface area contributed by atoms with Gasteiger partial charge >= 0.3 is 5.97 Å². The highest BCUT2D eigenvalue weighted by Crippen LogP contribution is 2.29. The fourth-order valence-corrected chi connectivity index (χ4v) is 3.56. The minimum Gasteiger partial charge on any atom is -0.497 e. The molecule has 0 spiro atoms. The van der Waals surface area contributed by atoms with Gasteiger partial charge in [0.15, 0.2) is 5.38 Å². The third-order valence-electron chi connectivity index (χ3n) is 4.94. The van der Waals surface area contributed by atoms with Crippen molar-refractivity contribution >= 4 is 28.5 Å². The van der Waals surface area contributed by atoms with Crippen LogP contribution in [-0.2, 0) is 4.79 Å². The molecule has 1 atom stereocenters. The number of hydrogen-bond acceptors (Lipinski definition) is 5. The maximum absolute atomic E-state index is 13.1. The molecule has 4 aromatic rings. The first-order valence-electron chi connectivity index (χ1n) is 9.60. The highest BCUT2D eigenvalue weighted by Gasteiger charge is 2.21. The monoisotopic (exact) mass is 434 g/mol. The van der Waals surface area contributed by atoms with Crippen LogP contribution in [0.4, 0.5) is 0 Å². The lowest BCUT2D eigenvalue weighted by molar-refractivity contribution is -0.134. The van der Waals surface area contributed by atoms with Gasteiger partial charge in [0, 0.05) is 6.07 Å². The summed E-state index contributed by atoms with van der Waals surface area (Å²) in [6.07, 6.45) is 0. The predicted molar refractivity (Wildman–Crippen MR) is 120 cm³/mol. The molecule has 0 aliphatic rings. The molecule has 4 rings (SSSR count). The number of methoxy groups -OCH3 is 1. The number of ether oxygens (including phenoxy) is 2. The molecule has 0 saturated carbocycles. The fraction of sp³-hybridized carbons (Fsp3) is 0.120. The van der Waals surface area contributed by atoms with E-state index in [1.807, 2.05) is 18.2 Å². The van der Waals surface area contributed by atoms with E-state index in [0.29, 0.717) is 33.6 Å². The molecule has 5 nitrogen and oxygen atoms in total. The van der Waals surface area contributed by atoms with Gasteiger partial charge in [0.2, 0.25) is 5.43 Å². The third kappa shape index (κ3) is 4.18. The van der Waals surface area contributed by atoms with Crippen LogP contribution in [-0.4, -0.2) is 13.1 Å². The van der Waals surface area contributed by atoms with E-state index in [0.717, 1.165) is 5.56 Å². The summed E-state index contributed by atoms with van der Waals surface area (Å²) in [5.74, 6) is 0.803. The van der Waals surface area contributed by atoms with Gasteiger partial charge in [0.1, 0.15) is 22.8 Å². The van der Waals surface area contributed by atoms with Gasteiger partial charge in [-0.3, -0.25) is 4.79 Å². The van der Waals surface area contributed by atoms with Crippen molar-refractivity contribution in [3.63, 3.8) is 0 Å². The molecular weight excluding hydrogens is 416 g/mol. The third-order valence-corrected chi connectivity index (χ3v) is 5.37. The summed E-state index contributed by atoms with van der Waals surface area (Å²) >= 11 is 6.23. The predicted octanol–water partition coefficient (Wildman–Crippen LogP) is 5.66. The Labute approximate surface area is 183 Å². The van der Waals surface area contributed by atoms with Crippen molar-refractivity contribution in [1.29, 1.82) is 0 Å². The van der Waals surface area contributed by atoms with Gasteiger partial charge in [-0.25, -0.2) is 4.79 Å². The molecule has 0 aliphatic carbocycles. The topological polar surface area (TPSA) is 65.7 Å². The summed E-state index contributed by atoms with van der Waals surface area (Å²) in [7, 11) is 1.58. The molecule has 0 bridgehead atoms. The van der Waals surface area contributed by atoms with Crippen molar-refractivity contribution in [2.75, 3.05) is 7.11 Å². The van der Waals surface area contributed by atoms with Crippen molar-refractivity contribution < 1.29 is 18.7 Å². The molecule has 3 aromatic carbocycles. The van der Waals surface area contributed by atoms with Crippen LogP contribution in [0.3, 0.4) is 0 Å². The molecule has 0 N–H and O–H groups in total. The molecule has 1 aromatic heterocycles. The average Bonchev–Trinajstić information content (AvgIpc) is 2.79. The zero-order chi connectivity index (χ0) is 22.0. The van der Waals surface area contributed by atoms with Gasteiger partial charge in [-0.2, -0.15) is 0 Å². The lowest BCUT2D eigenvalue weighted by Crippen LogP contribution is -2.14. The number of aryl methyl sites for hydroxylation is 1. The van der Waals surface area contributed by atoms with Crippen molar-refractivity contribution in [2.24, 2.45) is 0 Å². The molecule has 0 aliphatic heterocycles. The van der Waals surface area contributed by atoms with Gasteiger partial charge in [0.25, 0.3) is 0 Å².